The first-order valence-electron chi connectivity index (χ1n) is 5.57. The number of esters is 1. The summed E-state index contributed by atoms with van der Waals surface area (Å²) in [6, 6.07) is 0. The van der Waals surface area contributed by atoms with Crippen molar-refractivity contribution in [1.29, 1.82) is 0 Å². The van der Waals surface area contributed by atoms with Crippen LogP contribution in [0.2, 0.25) is 0 Å². The third-order valence-electron chi connectivity index (χ3n) is 2.53. The number of carbonyl (C=O) groups excluding carboxylic acids is 1. The zero-order chi connectivity index (χ0) is 13.6. The molecule has 1 aromatic heterocycles. The predicted octanol–water partition coefficient (Wildman–Crippen LogP) is 1.46. The molecular formula is C12H18N2O4. The minimum Gasteiger partial charge on any atom is -0.476 e. The van der Waals surface area contributed by atoms with Crippen molar-refractivity contribution in [2.45, 2.75) is 25.9 Å². The first-order valence-corrected chi connectivity index (χ1v) is 5.57. The molecule has 0 atom stereocenters. The van der Waals surface area contributed by atoms with E-state index in [2.05, 4.69) is 14.7 Å². The molecule has 1 aromatic rings. The van der Waals surface area contributed by atoms with Crippen molar-refractivity contribution in [3.05, 3.63) is 18.1 Å². The highest BCUT2D eigenvalue weighted by Gasteiger charge is 2.16. The molecule has 0 unspecified atom stereocenters. The maximum atomic E-state index is 11.1. The Balaban J connectivity index is 2.47. The van der Waals surface area contributed by atoms with Gasteiger partial charge in [-0.25, -0.2) is 14.8 Å². The van der Waals surface area contributed by atoms with Crippen LogP contribution in [0.5, 0.6) is 5.88 Å². The van der Waals surface area contributed by atoms with Crippen LogP contribution in [0, 0.1) is 0 Å². The van der Waals surface area contributed by atoms with Crippen LogP contribution in [0.3, 0.4) is 0 Å². The molecule has 1 rings (SSSR count). The second-order valence-corrected chi connectivity index (χ2v) is 4.29. The highest BCUT2D eigenvalue weighted by molar-refractivity contribution is 5.86. The van der Waals surface area contributed by atoms with Crippen LogP contribution in [-0.2, 0) is 9.47 Å². The van der Waals surface area contributed by atoms with Crippen LogP contribution < -0.4 is 4.74 Å². The Labute approximate surface area is 106 Å². The van der Waals surface area contributed by atoms with Gasteiger partial charge < -0.3 is 14.2 Å². The smallest absolute Gasteiger partial charge is 0.358 e. The topological polar surface area (TPSA) is 70.5 Å². The van der Waals surface area contributed by atoms with Gasteiger partial charge in [0.25, 0.3) is 0 Å². The first kappa shape index (κ1) is 14.4. The second-order valence-electron chi connectivity index (χ2n) is 4.29. The molecule has 18 heavy (non-hydrogen) atoms. The van der Waals surface area contributed by atoms with Gasteiger partial charge in [0.2, 0.25) is 5.88 Å². The zero-order valence-corrected chi connectivity index (χ0v) is 11.1. The van der Waals surface area contributed by atoms with Crippen molar-refractivity contribution in [1.82, 2.24) is 9.97 Å². The first-order chi connectivity index (χ1) is 8.48. The fourth-order valence-electron chi connectivity index (χ4n) is 1.10. The van der Waals surface area contributed by atoms with Gasteiger partial charge in [-0.2, -0.15) is 0 Å². The van der Waals surface area contributed by atoms with E-state index in [9.17, 15) is 4.79 Å². The molecule has 0 aromatic carbocycles. The summed E-state index contributed by atoms with van der Waals surface area (Å²) < 4.78 is 15.2. The van der Waals surface area contributed by atoms with Crippen LogP contribution in [0.15, 0.2) is 12.4 Å². The second kappa shape index (κ2) is 6.30. The van der Waals surface area contributed by atoms with Crippen molar-refractivity contribution in [3.8, 4) is 5.88 Å². The maximum Gasteiger partial charge on any atom is 0.358 e. The number of methoxy groups -OCH3 is 2. The van der Waals surface area contributed by atoms with E-state index >= 15 is 0 Å². The molecule has 0 amide bonds. The molecule has 0 aliphatic rings. The fraction of sp³-hybridized carbons (Fsp3) is 0.583. The van der Waals surface area contributed by atoms with Gasteiger partial charge in [0.15, 0.2) is 5.69 Å². The van der Waals surface area contributed by atoms with Gasteiger partial charge >= 0.3 is 5.97 Å². The number of carbonyl (C=O) groups is 1. The summed E-state index contributed by atoms with van der Waals surface area (Å²) in [6.07, 6.45) is 3.44. The summed E-state index contributed by atoms with van der Waals surface area (Å²) >= 11 is 0. The average molecular weight is 254 g/mol. The minimum atomic E-state index is -0.519. The molecule has 0 bridgehead atoms. The predicted molar refractivity (Wildman–Crippen MR) is 64.6 cm³/mol. The standard InChI is InChI=1S/C12H18N2O4/c1-12(2,17-4)5-6-18-10-8-13-9(7-14-10)11(15)16-3/h7-8H,5-6H2,1-4H3. The van der Waals surface area contributed by atoms with E-state index < -0.39 is 5.97 Å². The Morgan fingerprint density at radius 2 is 2.00 bits per heavy atom. The molecule has 100 valence electrons. The van der Waals surface area contributed by atoms with Crippen LogP contribution >= 0.6 is 0 Å². The monoisotopic (exact) mass is 254 g/mol. The maximum absolute atomic E-state index is 11.1. The number of rotatable bonds is 6. The Hall–Kier alpha value is -1.69. The summed E-state index contributed by atoms with van der Waals surface area (Å²) in [5.74, 6) is -0.149. The van der Waals surface area contributed by atoms with Crippen molar-refractivity contribution in [2.24, 2.45) is 0 Å². The summed E-state index contributed by atoms with van der Waals surface area (Å²) in [5, 5.41) is 0. The molecule has 0 N–H and O–H groups in total. The van der Waals surface area contributed by atoms with E-state index in [0.717, 1.165) is 6.42 Å². The lowest BCUT2D eigenvalue weighted by atomic mass is 10.1. The van der Waals surface area contributed by atoms with Crippen LogP contribution in [-0.4, -0.2) is 42.4 Å². The SMILES string of the molecule is COC(=O)c1cnc(OCCC(C)(C)OC)cn1. The molecule has 0 fully saturated rings. The van der Waals surface area contributed by atoms with E-state index in [-0.39, 0.29) is 11.3 Å². The summed E-state index contributed by atoms with van der Waals surface area (Å²) in [7, 11) is 2.95. The molecule has 0 saturated heterocycles. The Morgan fingerprint density at radius 1 is 1.28 bits per heavy atom. The molecule has 6 heteroatoms. The zero-order valence-electron chi connectivity index (χ0n) is 11.1. The van der Waals surface area contributed by atoms with E-state index in [1.807, 2.05) is 13.8 Å². The summed E-state index contributed by atoms with van der Waals surface area (Å²) in [4.78, 5) is 19.0. The fourth-order valence-corrected chi connectivity index (χ4v) is 1.10. The number of nitrogens with zero attached hydrogens (tertiary/aromatic N) is 2. The van der Waals surface area contributed by atoms with Crippen molar-refractivity contribution >= 4 is 5.97 Å². The van der Waals surface area contributed by atoms with E-state index in [1.54, 1.807) is 7.11 Å². The molecule has 0 saturated carbocycles. The third kappa shape index (κ3) is 4.29. The van der Waals surface area contributed by atoms with Crippen LogP contribution in [0.1, 0.15) is 30.8 Å². The summed E-state index contributed by atoms with van der Waals surface area (Å²) in [5.41, 5.74) is -0.0820. The Bertz CT molecular complexity index is 390. The molecular weight excluding hydrogens is 236 g/mol. The van der Waals surface area contributed by atoms with Crippen molar-refractivity contribution in [3.63, 3.8) is 0 Å². The lowest BCUT2D eigenvalue weighted by Crippen LogP contribution is -2.25. The highest BCUT2D eigenvalue weighted by Crippen LogP contribution is 2.13. The minimum absolute atomic E-state index is 0.155. The molecule has 0 aliphatic heterocycles. The molecule has 0 aliphatic carbocycles. The van der Waals surface area contributed by atoms with Gasteiger partial charge in [0.05, 0.1) is 31.7 Å². The van der Waals surface area contributed by atoms with Gasteiger partial charge in [-0.3, -0.25) is 0 Å². The highest BCUT2D eigenvalue weighted by atomic mass is 16.5. The van der Waals surface area contributed by atoms with E-state index in [0.29, 0.717) is 12.5 Å². The van der Waals surface area contributed by atoms with Crippen molar-refractivity contribution in [2.75, 3.05) is 20.8 Å². The third-order valence-corrected chi connectivity index (χ3v) is 2.53. The molecule has 6 nitrogen and oxygen atoms in total. The normalized spacial score (nSPS) is 11.1. The molecule has 0 radical (unpaired) electrons. The number of aromatic nitrogens is 2. The van der Waals surface area contributed by atoms with Crippen LogP contribution in [0.4, 0.5) is 0 Å². The Morgan fingerprint density at radius 3 is 2.50 bits per heavy atom. The van der Waals surface area contributed by atoms with Crippen LogP contribution in [0.25, 0.3) is 0 Å². The lowest BCUT2D eigenvalue weighted by Gasteiger charge is -2.22. The number of hydrogen-bond acceptors (Lipinski definition) is 6. The van der Waals surface area contributed by atoms with Gasteiger partial charge in [-0.15, -0.1) is 0 Å². The average Bonchev–Trinajstić information content (AvgIpc) is 2.38. The number of ether oxygens (including phenoxy) is 3. The lowest BCUT2D eigenvalue weighted by molar-refractivity contribution is 0.00505. The van der Waals surface area contributed by atoms with E-state index in [4.69, 9.17) is 9.47 Å². The quantitative estimate of drug-likeness (QED) is 0.716. The van der Waals surface area contributed by atoms with Gasteiger partial charge in [0.1, 0.15) is 0 Å². The Kier molecular flexibility index (Phi) is 5.03. The summed E-state index contributed by atoms with van der Waals surface area (Å²) in [6.45, 7) is 4.41. The van der Waals surface area contributed by atoms with Gasteiger partial charge in [0, 0.05) is 13.5 Å². The van der Waals surface area contributed by atoms with Gasteiger partial charge in [-0.1, -0.05) is 0 Å². The largest absolute Gasteiger partial charge is 0.476 e. The van der Waals surface area contributed by atoms with E-state index in [1.165, 1.54) is 19.5 Å². The molecule has 1 heterocycles. The van der Waals surface area contributed by atoms with Crippen molar-refractivity contribution < 1.29 is 19.0 Å². The van der Waals surface area contributed by atoms with Gasteiger partial charge in [-0.05, 0) is 13.8 Å². The number of hydrogen-bond donors (Lipinski definition) is 0. The molecule has 0 spiro atoms.